The number of hydrogen-bond acceptors (Lipinski definition) is 5. The summed E-state index contributed by atoms with van der Waals surface area (Å²) in [6.45, 7) is -0.190. The molecule has 4 rings (SSSR count). The normalized spacial score (nSPS) is 10.7. The van der Waals surface area contributed by atoms with Crippen LogP contribution in [-0.4, -0.2) is 29.2 Å². The summed E-state index contributed by atoms with van der Waals surface area (Å²) in [6.07, 6.45) is 0. The van der Waals surface area contributed by atoms with Crippen molar-refractivity contribution >= 4 is 41.4 Å². The van der Waals surface area contributed by atoms with Gasteiger partial charge in [-0.15, -0.1) is 0 Å². The summed E-state index contributed by atoms with van der Waals surface area (Å²) in [5.74, 6) is -1.04. The summed E-state index contributed by atoms with van der Waals surface area (Å²) < 4.78 is 5.98. The Bertz CT molecular complexity index is 1450. The van der Waals surface area contributed by atoms with Crippen LogP contribution in [0.25, 0.3) is 0 Å². The number of amidine groups is 1. The van der Waals surface area contributed by atoms with Crippen molar-refractivity contribution in [1.29, 1.82) is 5.41 Å². The summed E-state index contributed by atoms with van der Waals surface area (Å²) in [6, 6.07) is 29.8. The third-order valence-electron chi connectivity index (χ3n) is 5.61. The van der Waals surface area contributed by atoms with Gasteiger partial charge in [0.2, 0.25) is 11.8 Å². The zero-order valence-electron chi connectivity index (χ0n) is 21.2. The van der Waals surface area contributed by atoms with Crippen LogP contribution < -0.4 is 21.1 Å². The van der Waals surface area contributed by atoms with Gasteiger partial charge in [0, 0.05) is 28.4 Å². The summed E-state index contributed by atoms with van der Waals surface area (Å²) in [5.41, 5.74) is 7.64. The van der Waals surface area contributed by atoms with Gasteiger partial charge in [0.05, 0.1) is 0 Å². The van der Waals surface area contributed by atoms with Crippen molar-refractivity contribution in [1.82, 2.24) is 5.32 Å². The van der Waals surface area contributed by atoms with E-state index in [1.807, 2.05) is 36.4 Å². The summed E-state index contributed by atoms with van der Waals surface area (Å²) in [4.78, 5) is 35.0. The first kappa shape index (κ1) is 29.4. The standard InChI is InChI=1S/C29H25ClN4O3.CH2O2/c30-24-12-7-13-25(37-22-10-5-2-6-11-22)23(24)18-33-28(35)26(19-8-3-1-4-9-19)29(36)34-21-16-14-20(15-17-21)27(31)32;2-1-3/h1-17,26H,18H2,(H3,31,32)(H,33,35)(H,34,36);1H,(H,2,3). The molecule has 0 spiro atoms. The van der Waals surface area contributed by atoms with Gasteiger partial charge >= 0.3 is 0 Å². The number of para-hydroxylation sites is 1. The number of carbonyl (C=O) groups is 3. The maximum absolute atomic E-state index is 13.4. The molecule has 0 bridgehead atoms. The van der Waals surface area contributed by atoms with Crippen molar-refractivity contribution in [3.8, 4) is 11.5 Å². The van der Waals surface area contributed by atoms with Crippen LogP contribution in [0.5, 0.6) is 11.5 Å². The number of carbonyl (C=O) groups excluding carboxylic acids is 2. The largest absolute Gasteiger partial charge is 0.483 e. The summed E-state index contributed by atoms with van der Waals surface area (Å²) in [5, 5.41) is 20.5. The van der Waals surface area contributed by atoms with Crippen LogP contribution in [0.2, 0.25) is 5.02 Å². The minimum atomic E-state index is -1.12. The molecule has 204 valence electrons. The van der Waals surface area contributed by atoms with E-state index >= 15 is 0 Å². The molecular weight excluding hydrogens is 532 g/mol. The lowest BCUT2D eigenvalue weighted by Gasteiger charge is -2.19. The van der Waals surface area contributed by atoms with E-state index < -0.39 is 17.7 Å². The Morgan fingerprint density at radius 3 is 2.10 bits per heavy atom. The number of carboxylic acid groups (broad SMARTS) is 1. The molecule has 6 N–H and O–H groups in total. The summed E-state index contributed by atoms with van der Waals surface area (Å²) >= 11 is 6.45. The number of hydrogen-bond donors (Lipinski definition) is 5. The van der Waals surface area contributed by atoms with Gasteiger partial charge in [-0.1, -0.05) is 66.2 Å². The maximum Gasteiger partial charge on any atom is 0.290 e. The van der Waals surface area contributed by atoms with E-state index in [1.54, 1.807) is 66.7 Å². The molecule has 1 unspecified atom stereocenters. The predicted molar refractivity (Wildman–Crippen MR) is 154 cm³/mol. The average Bonchev–Trinajstić information content (AvgIpc) is 2.95. The van der Waals surface area contributed by atoms with Crippen LogP contribution in [-0.2, 0) is 20.9 Å². The van der Waals surface area contributed by atoms with Crippen molar-refractivity contribution in [2.24, 2.45) is 5.73 Å². The van der Waals surface area contributed by atoms with Gasteiger partial charge in [0.1, 0.15) is 23.3 Å². The molecule has 0 heterocycles. The molecule has 0 aliphatic heterocycles. The predicted octanol–water partition coefficient (Wildman–Crippen LogP) is 5.16. The SMILES string of the molecule is N=C(N)c1ccc(NC(=O)C(C(=O)NCc2c(Cl)cccc2Oc2ccccc2)c2ccccc2)cc1.O=CO. The number of amides is 2. The highest BCUT2D eigenvalue weighted by molar-refractivity contribution is 6.31. The van der Waals surface area contributed by atoms with Crippen molar-refractivity contribution < 1.29 is 24.2 Å². The lowest BCUT2D eigenvalue weighted by molar-refractivity contribution is -0.129. The fourth-order valence-electron chi connectivity index (χ4n) is 3.71. The number of nitrogen functional groups attached to an aromatic ring is 1. The third kappa shape index (κ3) is 8.17. The molecule has 4 aromatic rings. The monoisotopic (exact) mass is 558 g/mol. The van der Waals surface area contributed by atoms with E-state index in [2.05, 4.69) is 10.6 Å². The number of benzene rings is 4. The quantitative estimate of drug-likeness (QED) is 0.0827. The zero-order chi connectivity index (χ0) is 28.9. The van der Waals surface area contributed by atoms with Gasteiger partial charge in [0.25, 0.3) is 6.47 Å². The number of anilines is 1. The number of ether oxygens (including phenoxy) is 1. The minimum absolute atomic E-state index is 0.0601. The molecule has 0 radical (unpaired) electrons. The van der Waals surface area contributed by atoms with Gasteiger partial charge in [-0.25, -0.2) is 0 Å². The van der Waals surface area contributed by atoms with E-state index in [0.29, 0.717) is 38.9 Å². The molecule has 4 aromatic carbocycles. The van der Waals surface area contributed by atoms with Gasteiger partial charge in [-0.2, -0.15) is 0 Å². The van der Waals surface area contributed by atoms with Crippen LogP contribution in [0.3, 0.4) is 0 Å². The molecule has 0 saturated carbocycles. The Hall–Kier alpha value is -5.15. The lowest BCUT2D eigenvalue weighted by atomic mass is 9.96. The second-order valence-electron chi connectivity index (χ2n) is 8.28. The van der Waals surface area contributed by atoms with Gasteiger partial charge < -0.3 is 26.2 Å². The van der Waals surface area contributed by atoms with E-state index in [-0.39, 0.29) is 18.9 Å². The van der Waals surface area contributed by atoms with Gasteiger partial charge in [-0.05, 0) is 54.1 Å². The first-order valence-corrected chi connectivity index (χ1v) is 12.4. The number of rotatable bonds is 9. The minimum Gasteiger partial charge on any atom is -0.483 e. The molecule has 1 atom stereocenters. The third-order valence-corrected chi connectivity index (χ3v) is 5.96. The Morgan fingerprint density at radius 1 is 0.900 bits per heavy atom. The molecular formula is C30H27ClN4O5. The van der Waals surface area contributed by atoms with E-state index in [4.69, 9.17) is 37.4 Å². The van der Waals surface area contributed by atoms with Crippen LogP contribution in [0.1, 0.15) is 22.6 Å². The molecule has 40 heavy (non-hydrogen) atoms. The highest BCUT2D eigenvalue weighted by Crippen LogP contribution is 2.30. The highest BCUT2D eigenvalue weighted by Gasteiger charge is 2.29. The van der Waals surface area contributed by atoms with Crippen LogP contribution in [0.4, 0.5) is 5.69 Å². The van der Waals surface area contributed by atoms with Crippen molar-refractivity contribution in [2.75, 3.05) is 5.32 Å². The fraction of sp³-hybridized carbons (Fsp3) is 0.0667. The number of nitrogens with two attached hydrogens (primary N) is 1. The maximum atomic E-state index is 13.4. The molecule has 0 aliphatic rings. The second-order valence-corrected chi connectivity index (χ2v) is 8.69. The smallest absolute Gasteiger partial charge is 0.290 e. The Kier molecular flexibility index (Phi) is 10.8. The molecule has 0 saturated heterocycles. The second kappa shape index (κ2) is 14.7. The average molecular weight is 559 g/mol. The Labute approximate surface area is 236 Å². The van der Waals surface area contributed by atoms with Crippen LogP contribution in [0, 0.1) is 5.41 Å². The van der Waals surface area contributed by atoms with E-state index in [0.717, 1.165) is 0 Å². The van der Waals surface area contributed by atoms with E-state index in [9.17, 15) is 9.59 Å². The fourth-order valence-corrected chi connectivity index (χ4v) is 3.95. The topological polar surface area (TPSA) is 155 Å². The highest BCUT2D eigenvalue weighted by atomic mass is 35.5. The molecule has 10 heteroatoms. The lowest BCUT2D eigenvalue weighted by Crippen LogP contribution is -2.36. The Balaban J connectivity index is 0.00000141. The zero-order valence-corrected chi connectivity index (χ0v) is 22.0. The Morgan fingerprint density at radius 2 is 1.50 bits per heavy atom. The van der Waals surface area contributed by atoms with Crippen LogP contribution >= 0.6 is 11.6 Å². The van der Waals surface area contributed by atoms with Crippen molar-refractivity contribution in [3.63, 3.8) is 0 Å². The first-order valence-electron chi connectivity index (χ1n) is 12.0. The molecule has 0 fully saturated rings. The van der Waals surface area contributed by atoms with Gasteiger partial charge in [-0.3, -0.25) is 19.8 Å². The molecule has 2 amide bonds. The molecule has 9 nitrogen and oxygen atoms in total. The van der Waals surface area contributed by atoms with Crippen LogP contribution in [0.15, 0.2) is 103 Å². The molecule has 0 aliphatic carbocycles. The van der Waals surface area contributed by atoms with Crippen molar-refractivity contribution in [3.05, 3.63) is 125 Å². The molecule has 0 aromatic heterocycles. The van der Waals surface area contributed by atoms with Gasteiger partial charge in [0.15, 0.2) is 0 Å². The van der Waals surface area contributed by atoms with E-state index in [1.165, 1.54) is 0 Å². The first-order chi connectivity index (χ1) is 19.3. The number of halogens is 1. The van der Waals surface area contributed by atoms with Crippen molar-refractivity contribution in [2.45, 2.75) is 12.5 Å². The number of nitrogens with one attached hydrogen (secondary N) is 3. The summed E-state index contributed by atoms with van der Waals surface area (Å²) in [7, 11) is 0.